The van der Waals surface area contributed by atoms with E-state index in [1.807, 2.05) is 0 Å². The summed E-state index contributed by atoms with van der Waals surface area (Å²) in [5.41, 5.74) is 1.44. The van der Waals surface area contributed by atoms with Gasteiger partial charge in [-0.25, -0.2) is 4.98 Å². The van der Waals surface area contributed by atoms with Crippen LogP contribution in [-0.4, -0.2) is 28.2 Å². The van der Waals surface area contributed by atoms with Gasteiger partial charge in [0.05, 0.1) is 16.3 Å². The zero-order chi connectivity index (χ0) is 14.7. The van der Waals surface area contributed by atoms with Gasteiger partial charge in [-0.05, 0) is 18.1 Å². The minimum Gasteiger partial charge on any atom is -0.355 e. The molecule has 1 aromatic carbocycles. The molecule has 0 aliphatic heterocycles. The molecule has 0 aliphatic carbocycles. The van der Waals surface area contributed by atoms with Crippen molar-refractivity contribution in [1.29, 1.82) is 0 Å². The highest BCUT2D eigenvalue weighted by Gasteiger charge is 2.10. The van der Waals surface area contributed by atoms with E-state index in [0.717, 1.165) is 5.52 Å². The van der Waals surface area contributed by atoms with Crippen LogP contribution in [0.3, 0.4) is 0 Å². The molecule has 0 atom stereocenters. The molecule has 2 aromatic rings. The Kier molecular flexibility index (Phi) is 5.18. The Bertz CT molecular complexity index is 627. The summed E-state index contributed by atoms with van der Waals surface area (Å²) in [5, 5.41) is 4.57. The number of aromatic nitrogens is 2. The third kappa shape index (κ3) is 4.04. The molecule has 2 N–H and O–H groups in total. The van der Waals surface area contributed by atoms with Crippen molar-refractivity contribution in [2.45, 2.75) is 19.0 Å². The Balaban J connectivity index is 2.00. The predicted octanol–water partition coefficient (Wildman–Crippen LogP) is 3.73. The Labute approximate surface area is 131 Å². The highest BCUT2D eigenvalue weighted by atomic mass is 35.5. The molecule has 1 heterocycles. The van der Waals surface area contributed by atoms with E-state index in [9.17, 15) is 4.79 Å². The van der Waals surface area contributed by atoms with Gasteiger partial charge in [0.1, 0.15) is 5.52 Å². The SMILES string of the molecule is CC(C)CNC(=O)CSc1nc2c(Cl)cc(Cl)cc2[nH]1. The van der Waals surface area contributed by atoms with E-state index in [1.54, 1.807) is 12.1 Å². The van der Waals surface area contributed by atoms with Crippen LogP contribution in [0.25, 0.3) is 11.0 Å². The number of nitrogens with zero attached hydrogens (tertiary/aromatic N) is 1. The Morgan fingerprint density at radius 3 is 2.90 bits per heavy atom. The summed E-state index contributed by atoms with van der Waals surface area (Å²) < 4.78 is 0. The summed E-state index contributed by atoms with van der Waals surface area (Å²) in [6.45, 7) is 4.79. The maximum Gasteiger partial charge on any atom is 0.230 e. The molecule has 0 aliphatic rings. The summed E-state index contributed by atoms with van der Waals surface area (Å²) in [7, 11) is 0. The number of hydrogen-bond acceptors (Lipinski definition) is 3. The quantitative estimate of drug-likeness (QED) is 0.820. The van der Waals surface area contributed by atoms with Crippen molar-refractivity contribution in [1.82, 2.24) is 15.3 Å². The predicted molar refractivity (Wildman–Crippen MR) is 84.7 cm³/mol. The molecular weight excluding hydrogens is 317 g/mol. The molecule has 0 unspecified atom stereocenters. The molecule has 20 heavy (non-hydrogen) atoms. The monoisotopic (exact) mass is 331 g/mol. The van der Waals surface area contributed by atoms with E-state index in [1.165, 1.54) is 11.8 Å². The van der Waals surface area contributed by atoms with Crippen LogP contribution in [0, 0.1) is 5.92 Å². The molecule has 0 radical (unpaired) electrons. The fraction of sp³-hybridized carbons (Fsp3) is 0.385. The zero-order valence-electron chi connectivity index (χ0n) is 11.2. The lowest BCUT2D eigenvalue weighted by Crippen LogP contribution is -2.28. The van der Waals surface area contributed by atoms with E-state index in [-0.39, 0.29) is 5.91 Å². The first kappa shape index (κ1) is 15.5. The molecule has 0 saturated heterocycles. The first-order chi connectivity index (χ1) is 9.45. The number of carbonyl (C=O) groups is 1. The Morgan fingerprint density at radius 1 is 1.45 bits per heavy atom. The molecule has 108 valence electrons. The average molecular weight is 332 g/mol. The standard InChI is InChI=1S/C13H15Cl2N3OS/c1-7(2)5-16-11(19)6-20-13-17-10-4-8(14)3-9(15)12(10)18-13/h3-4,7H,5-6H2,1-2H3,(H,16,19)(H,17,18). The second-order valence-corrected chi connectivity index (χ2v) is 6.62. The number of fused-ring (bicyclic) bond motifs is 1. The van der Waals surface area contributed by atoms with Crippen LogP contribution in [0.5, 0.6) is 0 Å². The van der Waals surface area contributed by atoms with E-state index in [4.69, 9.17) is 23.2 Å². The number of halogens is 2. The number of rotatable bonds is 5. The lowest BCUT2D eigenvalue weighted by molar-refractivity contribution is -0.118. The van der Waals surface area contributed by atoms with E-state index >= 15 is 0 Å². The van der Waals surface area contributed by atoms with Crippen LogP contribution in [0.15, 0.2) is 17.3 Å². The molecule has 2 rings (SSSR count). The number of nitrogens with one attached hydrogen (secondary N) is 2. The van der Waals surface area contributed by atoms with Gasteiger partial charge in [0.2, 0.25) is 5.91 Å². The number of aromatic amines is 1. The van der Waals surface area contributed by atoms with Gasteiger partial charge in [-0.2, -0.15) is 0 Å². The minimum atomic E-state index is -0.00622. The van der Waals surface area contributed by atoms with Gasteiger partial charge in [-0.15, -0.1) is 0 Å². The number of amides is 1. The molecule has 0 fully saturated rings. The largest absolute Gasteiger partial charge is 0.355 e. The van der Waals surface area contributed by atoms with Crippen molar-refractivity contribution in [3.05, 3.63) is 22.2 Å². The number of carbonyl (C=O) groups excluding carboxylic acids is 1. The third-order valence-corrected chi connectivity index (χ3v) is 3.91. The summed E-state index contributed by atoms with van der Waals surface area (Å²) in [4.78, 5) is 19.1. The fourth-order valence-electron chi connectivity index (χ4n) is 1.59. The van der Waals surface area contributed by atoms with Crippen LogP contribution >= 0.6 is 35.0 Å². The zero-order valence-corrected chi connectivity index (χ0v) is 13.5. The Hall–Kier alpha value is -0.910. The van der Waals surface area contributed by atoms with Crippen molar-refractivity contribution in [3.8, 4) is 0 Å². The summed E-state index contributed by atoms with van der Waals surface area (Å²) in [6.07, 6.45) is 0. The smallest absolute Gasteiger partial charge is 0.230 e. The fourth-order valence-corrected chi connectivity index (χ4v) is 2.83. The van der Waals surface area contributed by atoms with Crippen LogP contribution < -0.4 is 5.32 Å². The molecule has 0 saturated carbocycles. The molecular formula is C13H15Cl2N3OS. The van der Waals surface area contributed by atoms with Crippen LogP contribution in [0.2, 0.25) is 10.0 Å². The molecule has 0 bridgehead atoms. The summed E-state index contributed by atoms with van der Waals surface area (Å²) in [5.74, 6) is 0.752. The van der Waals surface area contributed by atoms with Gasteiger partial charge < -0.3 is 10.3 Å². The van der Waals surface area contributed by atoms with Crippen molar-refractivity contribution >= 4 is 51.9 Å². The molecule has 0 spiro atoms. The highest BCUT2D eigenvalue weighted by molar-refractivity contribution is 7.99. The van der Waals surface area contributed by atoms with Gasteiger partial charge in [0.15, 0.2) is 5.16 Å². The van der Waals surface area contributed by atoms with Crippen LogP contribution in [0.4, 0.5) is 0 Å². The minimum absolute atomic E-state index is 0.00622. The summed E-state index contributed by atoms with van der Waals surface area (Å²) in [6, 6.07) is 3.41. The van der Waals surface area contributed by atoms with Crippen LogP contribution in [0.1, 0.15) is 13.8 Å². The third-order valence-electron chi connectivity index (χ3n) is 2.53. The van der Waals surface area contributed by atoms with Crippen molar-refractivity contribution < 1.29 is 4.79 Å². The van der Waals surface area contributed by atoms with Gasteiger partial charge in [-0.1, -0.05) is 48.8 Å². The van der Waals surface area contributed by atoms with E-state index < -0.39 is 0 Å². The maximum absolute atomic E-state index is 11.6. The maximum atomic E-state index is 11.6. The van der Waals surface area contributed by atoms with Gasteiger partial charge >= 0.3 is 0 Å². The molecule has 1 aromatic heterocycles. The van der Waals surface area contributed by atoms with Gasteiger partial charge in [0.25, 0.3) is 0 Å². The molecule has 7 heteroatoms. The number of benzene rings is 1. The van der Waals surface area contributed by atoms with E-state index in [2.05, 4.69) is 29.1 Å². The lowest BCUT2D eigenvalue weighted by atomic mass is 10.2. The van der Waals surface area contributed by atoms with Crippen molar-refractivity contribution in [2.75, 3.05) is 12.3 Å². The highest BCUT2D eigenvalue weighted by Crippen LogP contribution is 2.28. The second-order valence-electron chi connectivity index (χ2n) is 4.81. The van der Waals surface area contributed by atoms with Gasteiger partial charge in [-0.3, -0.25) is 4.79 Å². The first-order valence-corrected chi connectivity index (χ1v) is 7.94. The van der Waals surface area contributed by atoms with Crippen LogP contribution in [-0.2, 0) is 4.79 Å². The number of H-pyrrole nitrogens is 1. The van der Waals surface area contributed by atoms with Crippen molar-refractivity contribution in [2.24, 2.45) is 5.92 Å². The lowest BCUT2D eigenvalue weighted by Gasteiger charge is -2.06. The number of thioether (sulfide) groups is 1. The first-order valence-electron chi connectivity index (χ1n) is 6.20. The van der Waals surface area contributed by atoms with Crippen molar-refractivity contribution in [3.63, 3.8) is 0 Å². The van der Waals surface area contributed by atoms with E-state index in [0.29, 0.717) is 38.9 Å². The molecule has 1 amide bonds. The summed E-state index contributed by atoms with van der Waals surface area (Å²) >= 11 is 13.3. The molecule has 4 nitrogen and oxygen atoms in total. The average Bonchev–Trinajstić information content (AvgIpc) is 2.77. The Morgan fingerprint density at radius 2 is 2.20 bits per heavy atom. The topological polar surface area (TPSA) is 57.8 Å². The number of imidazole rings is 1. The number of hydrogen-bond donors (Lipinski definition) is 2. The second kappa shape index (κ2) is 6.70. The van der Waals surface area contributed by atoms with Gasteiger partial charge in [0, 0.05) is 11.6 Å². The normalized spacial score (nSPS) is 11.2.